The SMILES string of the molecule is CN(C)C(=O)[C@H](Cc1ccc(OCc2ccccc2)cc1)NC(=O)OC(C)(C)C. The number of hydrogen-bond donors (Lipinski definition) is 1. The summed E-state index contributed by atoms with van der Waals surface area (Å²) in [7, 11) is 3.32. The number of carbonyl (C=O) groups excluding carboxylic acids is 2. The van der Waals surface area contributed by atoms with Crippen LogP contribution in [-0.2, 0) is 22.6 Å². The minimum absolute atomic E-state index is 0.194. The topological polar surface area (TPSA) is 67.9 Å². The Morgan fingerprint density at radius 1 is 0.966 bits per heavy atom. The number of alkyl carbamates (subject to hydrolysis) is 1. The summed E-state index contributed by atoms with van der Waals surface area (Å²) < 4.78 is 11.1. The van der Waals surface area contributed by atoms with Gasteiger partial charge in [-0.1, -0.05) is 42.5 Å². The third-order valence-corrected chi connectivity index (χ3v) is 4.04. The van der Waals surface area contributed by atoms with Gasteiger partial charge >= 0.3 is 6.09 Å². The Kier molecular flexibility index (Phi) is 7.65. The summed E-state index contributed by atoms with van der Waals surface area (Å²) in [5.41, 5.74) is 1.37. The van der Waals surface area contributed by atoms with Gasteiger partial charge in [0.1, 0.15) is 24.0 Å². The lowest BCUT2D eigenvalue weighted by Crippen LogP contribution is -2.48. The number of nitrogens with zero attached hydrogens (tertiary/aromatic N) is 1. The molecule has 0 heterocycles. The van der Waals surface area contributed by atoms with Gasteiger partial charge in [-0.3, -0.25) is 4.79 Å². The highest BCUT2D eigenvalue weighted by Crippen LogP contribution is 2.16. The average molecular weight is 399 g/mol. The quantitative estimate of drug-likeness (QED) is 0.771. The van der Waals surface area contributed by atoms with E-state index in [9.17, 15) is 9.59 Å². The van der Waals surface area contributed by atoms with E-state index in [0.29, 0.717) is 13.0 Å². The highest BCUT2D eigenvalue weighted by Gasteiger charge is 2.25. The molecule has 0 aliphatic rings. The van der Waals surface area contributed by atoms with E-state index in [1.54, 1.807) is 34.9 Å². The molecule has 0 saturated heterocycles. The lowest BCUT2D eigenvalue weighted by Gasteiger charge is -2.25. The molecule has 0 radical (unpaired) electrons. The van der Waals surface area contributed by atoms with Gasteiger partial charge in [0.25, 0.3) is 0 Å². The summed E-state index contributed by atoms with van der Waals surface area (Å²) in [6.07, 6.45) is -0.254. The molecule has 2 aromatic rings. The molecule has 1 atom stereocenters. The molecule has 0 fully saturated rings. The second-order valence-corrected chi connectivity index (χ2v) is 8.05. The predicted octanol–water partition coefficient (Wildman–Crippen LogP) is 3.79. The molecular weight excluding hydrogens is 368 g/mol. The first kappa shape index (κ1) is 22.3. The van der Waals surface area contributed by atoms with Gasteiger partial charge in [-0.2, -0.15) is 0 Å². The van der Waals surface area contributed by atoms with Gasteiger partial charge in [-0.15, -0.1) is 0 Å². The van der Waals surface area contributed by atoms with Gasteiger partial charge in [-0.05, 0) is 44.0 Å². The third kappa shape index (κ3) is 7.86. The van der Waals surface area contributed by atoms with Crippen molar-refractivity contribution in [3.63, 3.8) is 0 Å². The molecule has 0 bridgehead atoms. The van der Waals surface area contributed by atoms with Crippen molar-refractivity contribution in [3.05, 3.63) is 65.7 Å². The van der Waals surface area contributed by atoms with Crippen LogP contribution in [-0.4, -0.2) is 42.6 Å². The van der Waals surface area contributed by atoms with Crippen LogP contribution < -0.4 is 10.1 Å². The van der Waals surface area contributed by atoms with Crippen LogP contribution in [0.2, 0.25) is 0 Å². The Hall–Kier alpha value is -3.02. The van der Waals surface area contributed by atoms with Crippen molar-refractivity contribution in [1.82, 2.24) is 10.2 Å². The van der Waals surface area contributed by atoms with E-state index in [1.807, 2.05) is 54.6 Å². The minimum atomic E-state index is -0.712. The van der Waals surface area contributed by atoms with E-state index in [-0.39, 0.29) is 5.91 Å². The van der Waals surface area contributed by atoms with Crippen LogP contribution in [0.25, 0.3) is 0 Å². The monoisotopic (exact) mass is 398 g/mol. The standard InChI is InChI=1S/C23H30N2O4/c1-23(2,3)29-22(27)24-20(21(26)25(4)5)15-17-11-13-19(14-12-17)28-16-18-9-7-6-8-10-18/h6-14,20H,15-16H2,1-5H3,(H,24,27)/t20-/m0/s1. The molecule has 0 aliphatic carbocycles. The van der Waals surface area contributed by atoms with E-state index in [0.717, 1.165) is 16.9 Å². The first-order valence-electron chi connectivity index (χ1n) is 9.60. The van der Waals surface area contributed by atoms with Gasteiger partial charge in [0.05, 0.1) is 0 Å². The molecular formula is C23H30N2O4. The number of amides is 2. The van der Waals surface area contributed by atoms with Crippen molar-refractivity contribution in [2.24, 2.45) is 0 Å². The first-order chi connectivity index (χ1) is 13.6. The summed E-state index contributed by atoms with van der Waals surface area (Å²) in [5, 5.41) is 2.68. The summed E-state index contributed by atoms with van der Waals surface area (Å²) in [6, 6.07) is 16.7. The van der Waals surface area contributed by atoms with E-state index in [2.05, 4.69) is 5.32 Å². The molecule has 6 nitrogen and oxygen atoms in total. The maximum Gasteiger partial charge on any atom is 0.408 e. The average Bonchev–Trinajstić information content (AvgIpc) is 2.65. The molecule has 0 saturated carbocycles. The highest BCUT2D eigenvalue weighted by molar-refractivity contribution is 5.85. The fourth-order valence-corrected chi connectivity index (χ4v) is 2.66. The van der Waals surface area contributed by atoms with Crippen molar-refractivity contribution in [3.8, 4) is 5.75 Å². The third-order valence-electron chi connectivity index (χ3n) is 4.04. The second kappa shape index (κ2) is 9.96. The highest BCUT2D eigenvalue weighted by atomic mass is 16.6. The smallest absolute Gasteiger partial charge is 0.408 e. The normalized spacial score (nSPS) is 12.0. The second-order valence-electron chi connectivity index (χ2n) is 8.05. The van der Waals surface area contributed by atoms with E-state index in [4.69, 9.17) is 9.47 Å². The van der Waals surface area contributed by atoms with Gasteiger partial charge < -0.3 is 19.7 Å². The van der Waals surface area contributed by atoms with Crippen molar-refractivity contribution in [2.75, 3.05) is 14.1 Å². The number of carbonyl (C=O) groups is 2. The maximum absolute atomic E-state index is 12.5. The Bertz CT molecular complexity index is 796. The molecule has 0 aromatic heterocycles. The number of hydrogen-bond acceptors (Lipinski definition) is 4. The van der Waals surface area contributed by atoms with Gasteiger partial charge in [0, 0.05) is 20.5 Å². The lowest BCUT2D eigenvalue weighted by molar-refractivity contribution is -0.130. The Balaban J connectivity index is 2.00. The van der Waals surface area contributed by atoms with Gasteiger partial charge in [0.15, 0.2) is 0 Å². The van der Waals surface area contributed by atoms with Crippen LogP contribution in [0, 0.1) is 0 Å². The van der Waals surface area contributed by atoms with Crippen LogP contribution >= 0.6 is 0 Å². The van der Waals surface area contributed by atoms with Gasteiger partial charge in [0.2, 0.25) is 5.91 Å². The van der Waals surface area contributed by atoms with Crippen LogP contribution in [0.3, 0.4) is 0 Å². The van der Waals surface area contributed by atoms with Crippen molar-refractivity contribution in [1.29, 1.82) is 0 Å². The zero-order valence-electron chi connectivity index (χ0n) is 17.8. The Morgan fingerprint density at radius 3 is 2.14 bits per heavy atom. The number of ether oxygens (including phenoxy) is 2. The maximum atomic E-state index is 12.5. The van der Waals surface area contributed by atoms with Crippen molar-refractivity contribution >= 4 is 12.0 Å². The predicted molar refractivity (Wildman–Crippen MR) is 113 cm³/mol. The van der Waals surface area contributed by atoms with Crippen molar-refractivity contribution in [2.45, 2.75) is 45.4 Å². The molecule has 2 rings (SSSR count). The minimum Gasteiger partial charge on any atom is -0.489 e. The van der Waals surface area contributed by atoms with E-state index in [1.165, 1.54) is 4.90 Å². The van der Waals surface area contributed by atoms with Crippen LogP contribution in [0.5, 0.6) is 5.75 Å². The fourth-order valence-electron chi connectivity index (χ4n) is 2.66. The number of likely N-dealkylation sites (N-methyl/N-ethyl adjacent to an activating group) is 1. The molecule has 2 aromatic carbocycles. The summed E-state index contributed by atoms with van der Waals surface area (Å²) in [5.74, 6) is 0.549. The molecule has 0 unspecified atom stereocenters. The fraction of sp³-hybridized carbons (Fsp3) is 0.391. The first-order valence-corrected chi connectivity index (χ1v) is 9.60. The lowest BCUT2D eigenvalue weighted by atomic mass is 10.0. The number of rotatable bonds is 7. The number of nitrogens with one attached hydrogen (secondary N) is 1. The zero-order valence-corrected chi connectivity index (χ0v) is 17.8. The van der Waals surface area contributed by atoms with Crippen LogP contribution in [0.15, 0.2) is 54.6 Å². The molecule has 1 N–H and O–H groups in total. The summed E-state index contributed by atoms with van der Waals surface area (Å²) >= 11 is 0. The molecule has 0 spiro atoms. The summed E-state index contributed by atoms with van der Waals surface area (Å²) in [6.45, 7) is 5.83. The van der Waals surface area contributed by atoms with Crippen LogP contribution in [0.1, 0.15) is 31.9 Å². The Morgan fingerprint density at radius 2 is 1.59 bits per heavy atom. The molecule has 29 heavy (non-hydrogen) atoms. The summed E-state index contributed by atoms with van der Waals surface area (Å²) in [4.78, 5) is 26.1. The van der Waals surface area contributed by atoms with E-state index >= 15 is 0 Å². The van der Waals surface area contributed by atoms with Gasteiger partial charge in [-0.25, -0.2) is 4.79 Å². The molecule has 156 valence electrons. The number of benzene rings is 2. The van der Waals surface area contributed by atoms with Crippen molar-refractivity contribution < 1.29 is 19.1 Å². The Labute approximate surface area is 172 Å². The largest absolute Gasteiger partial charge is 0.489 e. The zero-order chi connectivity index (χ0) is 21.4. The van der Waals surface area contributed by atoms with E-state index < -0.39 is 17.7 Å². The molecule has 0 aliphatic heterocycles. The van der Waals surface area contributed by atoms with Crippen LogP contribution in [0.4, 0.5) is 4.79 Å². The molecule has 6 heteroatoms. The molecule has 2 amide bonds.